The Bertz CT molecular complexity index is 2080. The molecule has 2 aromatic carbocycles. The molecule has 0 aliphatic carbocycles. The minimum atomic E-state index is -0.700. The lowest BCUT2D eigenvalue weighted by atomic mass is 9.95. The Kier molecular flexibility index (Phi) is 8.99. The number of rotatable bonds is 9. The van der Waals surface area contributed by atoms with E-state index in [0.29, 0.717) is 53.8 Å². The molecule has 4 aliphatic heterocycles. The highest BCUT2D eigenvalue weighted by atomic mass is 19.1. The molecule has 2 bridgehead atoms. The van der Waals surface area contributed by atoms with E-state index in [9.17, 15) is 4.79 Å². The number of pyridine rings is 1. The SMILES string of the molecule is C#Cc1c(F)ccc2cccc(-c3nc(OCC)c4c(N5CC6CCC(C5)N6)nc(OC[C@]56CCCN5[C@@H](COC(=O)N(C)C)CC6)nc4c3F)c12. The second kappa shape index (κ2) is 13.6. The molecule has 0 spiro atoms. The zero-order valence-corrected chi connectivity index (χ0v) is 29.8. The Balaban J connectivity index is 1.23. The number of nitrogens with one attached hydrogen (secondary N) is 1. The topological polar surface area (TPSA) is 105 Å². The van der Waals surface area contributed by atoms with Gasteiger partial charge in [-0.3, -0.25) is 4.90 Å². The molecule has 0 radical (unpaired) electrons. The number of fused-ring (bicyclic) bond motifs is 5. The number of carbonyl (C=O) groups is 1. The standard InChI is InChI=1S/C39H43F2N7O4/c1-5-27-29(40)14-11-23-9-7-10-28(30(23)27)33-32(41)34-31(36(43-33)50-6-2)35(47-19-24-12-13-25(20-47)42-24)45-37(44-34)52-22-39-16-8-18-48(39)26(15-17-39)21-51-38(49)46(3)4/h1,7,9-11,14,24-26,42H,6,8,12-13,15-22H2,2-4H3/t24?,25?,26-,39-/m1/s1. The molecule has 1 amide bonds. The van der Waals surface area contributed by atoms with Crippen LogP contribution in [0.1, 0.15) is 51.0 Å². The second-order valence-corrected chi connectivity index (χ2v) is 14.6. The van der Waals surface area contributed by atoms with E-state index in [1.165, 1.54) is 11.0 Å². The minimum absolute atomic E-state index is 0.00988. The molecule has 6 heterocycles. The molecule has 8 rings (SSSR count). The van der Waals surface area contributed by atoms with Crippen molar-refractivity contribution < 1.29 is 27.8 Å². The first kappa shape index (κ1) is 34.3. The van der Waals surface area contributed by atoms with Crippen molar-refractivity contribution in [2.24, 2.45) is 0 Å². The van der Waals surface area contributed by atoms with Gasteiger partial charge in [-0.1, -0.05) is 30.2 Å². The van der Waals surface area contributed by atoms with Crippen LogP contribution in [-0.4, -0.2) is 108 Å². The van der Waals surface area contributed by atoms with E-state index >= 15 is 8.78 Å². The van der Waals surface area contributed by atoms with Gasteiger partial charge in [-0.2, -0.15) is 9.97 Å². The summed E-state index contributed by atoms with van der Waals surface area (Å²) in [6, 6.07) is 8.87. The third-order valence-corrected chi connectivity index (χ3v) is 11.2. The normalized spacial score (nSPS) is 23.9. The van der Waals surface area contributed by atoms with Crippen LogP contribution in [0.25, 0.3) is 32.9 Å². The van der Waals surface area contributed by atoms with Crippen LogP contribution in [0.2, 0.25) is 0 Å². The zero-order chi connectivity index (χ0) is 36.1. The molecule has 1 N–H and O–H groups in total. The predicted molar refractivity (Wildman–Crippen MR) is 194 cm³/mol. The minimum Gasteiger partial charge on any atom is -0.477 e. The largest absolute Gasteiger partial charge is 0.477 e. The number of anilines is 1. The molecule has 4 aliphatic rings. The van der Waals surface area contributed by atoms with Gasteiger partial charge in [0, 0.05) is 56.3 Å². The number of terminal acetylenes is 1. The Morgan fingerprint density at radius 2 is 1.87 bits per heavy atom. The Morgan fingerprint density at radius 3 is 2.62 bits per heavy atom. The molecule has 2 aromatic heterocycles. The van der Waals surface area contributed by atoms with Gasteiger partial charge < -0.3 is 29.3 Å². The highest BCUT2D eigenvalue weighted by molar-refractivity contribution is 6.03. The molecule has 52 heavy (non-hydrogen) atoms. The maximum absolute atomic E-state index is 17.3. The number of ether oxygens (including phenoxy) is 3. The molecule has 272 valence electrons. The van der Waals surface area contributed by atoms with Gasteiger partial charge in [-0.05, 0) is 63.4 Å². The summed E-state index contributed by atoms with van der Waals surface area (Å²) in [6.07, 6.45) is 11.1. The van der Waals surface area contributed by atoms with E-state index in [0.717, 1.165) is 45.1 Å². The van der Waals surface area contributed by atoms with Crippen LogP contribution >= 0.6 is 0 Å². The van der Waals surface area contributed by atoms with Crippen molar-refractivity contribution >= 4 is 33.6 Å². The smallest absolute Gasteiger partial charge is 0.409 e. The number of hydrogen-bond donors (Lipinski definition) is 1. The summed E-state index contributed by atoms with van der Waals surface area (Å²) in [6.45, 7) is 4.93. The van der Waals surface area contributed by atoms with Crippen LogP contribution in [-0.2, 0) is 4.74 Å². The van der Waals surface area contributed by atoms with Gasteiger partial charge in [0.25, 0.3) is 0 Å². The quantitative estimate of drug-likeness (QED) is 0.223. The summed E-state index contributed by atoms with van der Waals surface area (Å²) in [7, 11) is 3.34. The monoisotopic (exact) mass is 711 g/mol. The van der Waals surface area contributed by atoms with Gasteiger partial charge in [0.15, 0.2) is 5.82 Å². The van der Waals surface area contributed by atoms with Crippen LogP contribution in [0.15, 0.2) is 30.3 Å². The van der Waals surface area contributed by atoms with Crippen molar-refractivity contribution in [1.82, 2.24) is 30.1 Å². The van der Waals surface area contributed by atoms with Gasteiger partial charge >= 0.3 is 12.1 Å². The van der Waals surface area contributed by atoms with Gasteiger partial charge in [-0.25, -0.2) is 18.6 Å². The highest BCUT2D eigenvalue weighted by Crippen LogP contribution is 2.44. The van der Waals surface area contributed by atoms with Crippen molar-refractivity contribution in [1.29, 1.82) is 0 Å². The fourth-order valence-electron chi connectivity index (χ4n) is 8.76. The number of hydrogen-bond acceptors (Lipinski definition) is 10. The Hall–Kier alpha value is -4.80. The van der Waals surface area contributed by atoms with Crippen molar-refractivity contribution in [2.45, 2.75) is 69.1 Å². The summed E-state index contributed by atoms with van der Waals surface area (Å²) in [5.74, 6) is 1.87. The predicted octanol–water partition coefficient (Wildman–Crippen LogP) is 5.52. The zero-order valence-electron chi connectivity index (χ0n) is 29.8. The lowest BCUT2D eigenvalue weighted by molar-refractivity contribution is 0.0484. The summed E-state index contributed by atoms with van der Waals surface area (Å²) in [5, 5.41) is 5.06. The van der Waals surface area contributed by atoms with Crippen LogP contribution in [0.3, 0.4) is 0 Å². The summed E-state index contributed by atoms with van der Waals surface area (Å²) < 4.78 is 50.5. The van der Waals surface area contributed by atoms with Gasteiger partial charge in [0.05, 0.1) is 17.7 Å². The number of nitrogens with zero attached hydrogens (tertiary/aromatic N) is 6. The van der Waals surface area contributed by atoms with Crippen molar-refractivity contribution in [3.8, 4) is 35.5 Å². The molecule has 2 unspecified atom stereocenters. The molecular formula is C39H43F2N7O4. The maximum Gasteiger partial charge on any atom is 0.409 e. The van der Waals surface area contributed by atoms with E-state index in [1.807, 2.05) is 6.92 Å². The third kappa shape index (κ3) is 5.91. The first-order valence-corrected chi connectivity index (χ1v) is 18.2. The maximum atomic E-state index is 17.3. The molecule has 4 atom stereocenters. The van der Waals surface area contributed by atoms with E-state index in [2.05, 4.69) is 21.0 Å². The number of benzene rings is 2. The Labute approximate surface area is 301 Å². The fourth-order valence-corrected chi connectivity index (χ4v) is 8.76. The average molecular weight is 712 g/mol. The Morgan fingerprint density at radius 1 is 1.06 bits per heavy atom. The van der Waals surface area contributed by atoms with Crippen LogP contribution in [0, 0.1) is 24.0 Å². The number of halogens is 2. The number of piperazine rings is 1. The molecule has 4 saturated heterocycles. The first-order valence-electron chi connectivity index (χ1n) is 18.2. The molecule has 11 nitrogen and oxygen atoms in total. The van der Waals surface area contributed by atoms with Crippen molar-refractivity contribution in [2.75, 3.05) is 58.5 Å². The first-order chi connectivity index (χ1) is 25.2. The molecule has 4 aromatic rings. The number of carbonyl (C=O) groups excluding carboxylic acids is 1. The van der Waals surface area contributed by atoms with E-state index < -0.39 is 11.6 Å². The van der Waals surface area contributed by atoms with E-state index in [1.54, 1.807) is 38.4 Å². The summed E-state index contributed by atoms with van der Waals surface area (Å²) in [4.78, 5) is 32.6. The molecule has 4 fully saturated rings. The van der Waals surface area contributed by atoms with Crippen LogP contribution in [0.5, 0.6) is 11.9 Å². The summed E-state index contributed by atoms with van der Waals surface area (Å²) >= 11 is 0. The fraction of sp³-hybridized carbons (Fsp3) is 0.487. The van der Waals surface area contributed by atoms with Gasteiger partial charge in [0.2, 0.25) is 5.88 Å². The summed E-state index contributed by atoms with van der Waals surface area (Å²) in [5.41, 5.74) is 0.0453. The number of aromatic nitrogens is 3. The average Bonchev–Trinajstić information content (AvgIpc) is 3.82. The van der Waals surface area contributed by atoms with Gasteiger partial charge in [0.1, 0.15) is 41.4 Å². The third-order valence-electron chi connectivity index (χ3n) is 11.2. The van der Waals surface area contributed by atoms with E-state index in [-0.39, 0.29) is 65.0 Å². The van der Waals surface area contributed by atoms with E-state index in [4.69, 9.17) is 35.6 Å². The van der Waals surface area contributed by atoms with Crippen LogP contribution in [0.4, 0.5) is 19.4 Å². The highest BCUT2D eigenvalue weighted by Gasteiger charge is 2.50. The van der Waals surface area contributed by atoms with Crippen molar-refractivity contribution in [3.63, 3.8) is 0 Å². The van der Waals surface area contributed by atoms with Crippen LogP contribution < -0.4 is 19.7 Å². The second-order valence-electron chi connectivity index (χ2n) is 14.6. The lowest BCUT2D eigenvalue weighted by Crippen LogP contribution is -2.51. The lowest BCUT2D eigenvalue weighted by Gasteiger charge is -2.35. The van der Waals surface area contributed by atoms with Gasteiger partial charge in [-0.15, -0.1) is 6.42 Å². The molecular weight excluding hydrogens is 668 g/mol. The van der Waals surface area contributed by atoms with Crippen molar-refractivity contribution in [3.05, 3.63) is 47.5 Å². The molecule has 0 saturated carbocycles. The molecule has 13 heteroatoms. The number of amides is 1.